The van der Waals surface area contributed by atoms with Gasteiger partial charge in [-0.15, -0.1) is 0 Å². The molecule has 11 heteroatoms. The van der Waals surface area contributed by atoms with Gasteiger partial charge in [-0.05, 0) is 89.9 Å². The van der Waals surface area contributed by atoms with E-state index in [0.717, 1.165) is 57.8 Å². The Labute approximate surface area is 402 Å². The summed E-state index contributed by atoms with van der Waals surface area (Å²) in [7, 11) is 0. The van der Waals surface area contributed by atoms with E-state index in [9.17, 15) is 40.5 Å². The lowest BCUT2D eigenvalue weighted by Crippen LogP contribution is -2.60. The highest BCUT2D eigenvalue weighted by atomic mass is 16.7. The van der Waals surface area contributed by atoms with Crippen molar-refractivity contribution in [3.8, 4) is 0 Å². The number of carbonyl (C=O) groups excluding carboxylic acids is 1. The number of nitrogens with one attached hydrogen (secondary N) is 1. The first-order valence-corrected chi connectivity index (χ1v) is 27.0. The summed E-state index contributed by atoms with van der Waals surface area (Å²) in [5, 5.41) is 75.7. The van der Waals surface area contributed by atoms with Gasteiger partial charge in [-0.25, -0.2) is 0 Å². The normalized spacial score (nSPS) is 21.1. The van der Waals surface area contributed by atoms with Crippen molar-refractivity contribution in [3.63, 3.8) is 0 Å². The first kappa shape index (κ1) is 62.1. The largest absolute Gasteiger partial charge is 0.394 e. The van der Waals surface area contributed by atoms with Gasteiger partial charge in [0.25, 0.3) is 0 Å². The molecule has 0 aromatic heterocycles. The molecule has 1 fully saturated rings. The maximum absolute atomic E-state index is 13.1. The summed E-state index contributed by atoms with van der Waals surface area (Å²) in [6, 6.07) is -1.20. The average Bonchev–Trinajstić information content (AvgIpc) is 3.32. The van der Waals surface area contributed by atoms with Crippen LogP contribution in [0.5, 0.6) is 0 Å². The van der Waals surface area contributed by atoms with Crippen molar-refractivity contribution in [1.29, 1.82) is 0 Å². The first-order valence-electron chi connectivity index (χ1n) is 27.0. The maximum atomic E-state index is 13.1. The molecule has 8 N–H and O–H groups in total. The number of hydrogen-bond acceptors (Lipinski definition) is 10. The van der Waals surface area contributed by atoms with Gasteiger partial charge in [-0.2, -0.15) is 0 Å². The highest BCUT2D eigenvalue weighted by Gasteiger charge is 2.44. The van der Waals surface area contributed by atoms with E-state index in [1.165, 1.54) is 122 Å². The molecule has 0 aliphatic carbocycles. The molecule has 0 aromatic carbocycles. The summed E-state index contributed by atoms with van der Waals surface area (Å²) in [5.41, 5.74) is 0. The third-order valence-electron chi connectivity index (χ3n) is 12.8. The number of carbonyl (C=O) groups is 1. The van der Waals surface area contributed by atoms with Gasteiger partial charge in [0.05, 0.1) is 25.4 Å². The summed E-state index contributed by atoms with van der Waals surface area (Å²) < 4.78 is 11.1. The number of aliphatic hydroxyl groups excluding tert-OH is 7. The number of unbranched alkanes of at least 4 members (excludes halogenated alkanes) is 25. The minimum Gasteiger partial charge on any atom is -0.394 e. The lowest BCUT2D eigenvalue weighted by molar-refractivity contribution is -0.303. The molecule has 1 aliphatic heterocycles. The first-order chi connectivity index (χ1) is 32.2. The smallest absolute Gasteiger partial charge is 0.249 e. The molecule has 1 aliphatic rings. The Bertz CT molecular complexity index is 1210. The zero-order valence-electron chi connectivity index (χ0n) is 41.9. The van der Waals surface area contributed by atoms with Crippen LogP contribution in [0.3, 0.4) is 0 Å². The van der Waals surface area contributed by atoms with E-state index in [1.54, 1.807) is 0 Å². The molecule has 0 radical (unpaired) electrons. The lowest BCUT2D eigenvalue weighted by atomic mass is 9.98. The number of aliphatic hydroxyl groups is 7. The van der Waals surface area contributed by atoms with E-state index < -0.39 is 74.2 Å². The molecule has 386 valence electrons. The Morgan fingerprint density at radius 3 is 1.38 bits per heavy atom. The van der Waals surface area contributed by atoms with Crippen molar-refractivity contribution in [2.75, 3.05) is 13.2 Å². The molecule has 0 saturated carbocycles. The second-order valence-electron chi connectivity index (χ2n) is 18.9. The standard InChI is InChI=1S/C55H101NO10/c1-3-5-7-9-11-13-15-16-17-18-19-20-21-22-23-24-25-26-27-28-29-30-31-33-34-36-38-40-42-47(58)50(60)46(45-65-55-53(63)52(62)51(61)49(44-57)66-55)56-54(64)48(59)43-41-39-37-35-32-14-12-10-8-6-4-2/h12,14,25-26,29-30,34,36,46-53,55,57-63H,3-11,13,15-24,27-28,31-33,35,37-45H2,1-2H3,(H,56,64)/b14-12-,26-25+,30-29+,36-34+. The fourth-order valence-corrected chi connectivity index (χ4v) is 8.35. The molecule has 66 heavy (non-hydrogen) atoms. The van der Waals surface area contributed by atoms with Gasteiger partial charge in [0, 0.05) is 0 Å². The van der Waals surface area contributed by atoms with Crippen molar-refractivity contribution >= 4 is 5.91 Å². The average molecular weight is 936 g/mol. The molecule has 9 atom stereocenters. The van der Waals surface area contributed by atoms with Gasteiger partial charge in [-0.1, -0.05) is 184 Å². The number of allylic oxidation sites excluding steroid dienone is 8. The molecule has 1 saturated heterocycles. The second kappa shape index (κ2) is 44.3. The van der Waals surface area contributed by atoms with Gasteiger partial charge in [0.2, 0.25) is 5.91 Å². The van der Waals surface area contributed by atoms with Crippen molar-refractivity contribution in [2.45, 2.75) is 281 Å². The molecule has 9 unspecified atom stereocenters. The van der Waals surface area contributed by atoms with Crippen molar-refractivity contribution in [1.82, 2.24) is 5.32 Å². The van der Waals surface area contributed by atoms with Crippen LogP contribution < -0.4 is 5.32 Å². The third-order valence-corrected chi connectivity index (χ3v) is 12.8. The molecule has 1 rings (SSSR count). The topological polar surface area (TPSA) is 189 Å². The number of rotatable bonds is 45. The second-order valence-corrected chi connectivity index (χ2v) is 18.9. The maximum Gasteiger partial charge on any atom is 0.249 e. The van der Waals surface area contributed by atoms with E-state index in [2.05, 4.69) is 67.8 Å². The van der Waals surface area contributed by atoms with Gasteiger partial charge in [0.15, 0.2) is 6.29 Å². The Hall–Kier alpha value is -1.93. The van der Waals surface area contributed by atoms with Crippen LogP contribution in [0.2, 0.25) is 0 Å². The quantitative estimate of drug-likeness (QED) is 0.0216. The summed E-state index contributed by atoms with van der Waals surface area (Å²) in [6.07, 6.45) is 43.3. The minimum absolute atomic E-state index is 0.233. The highest BCUT2D eigenvalue weighted by Crippen LogP contribution is 2.23. The predicted octanol–water partition coefficient (Wildman–Crippen LogP) is 10.5. The van der Waals surface area contributed by atoms with E-state index in [0.29, 0.717) is 19.3 Å². The molecule has 0 bridgehead atoms. The SMILES string of the molecule is CCCCC/C=C\CCCCCCC(O)C(=O)NC(COC1OC(CO)C(O)C(O)C1O)C(O)C(O)CCC/C=C/CC/C=C/CC/C=C/CCCCCCCCCCCCCCCCC. The van der Waals surface area contributed by atoms with Gasteiger partial charge in [-0.3, -0.25) is 4.79 Å². The van der Waals surface area contributed by atoms with Crippen LogP contribution in [0.1, 0.15) is 226 Å². The third kappa shape index (κ3) is 32.8. The molecule has 11 nitrogen and oxygen atoms in total. The molecule has 0 aromatic rings. The summed E-state index contributed by atoms with van der Waals surface area (Å²) in [5.74, 6) is -0.724. The summed E-state index contributed by atoms with van der Waals surface area (Å²) >= 11 is 0. The van der Waals surface area contributed by atoms with E-state index in [4.69, 9.17) is 9.47 Å². The van der Waals surface area contributed by atoms with E-state index in [1.807, 2.05) is 0 Å². The van der Waals surface area contributed by atoms with Crippen LogP contribution in [0.15, 0.2) is 48.6 Å². The Kier molecular flexibility index (Phi) is 41.7. The molecule has 1 amide bonds. The molecular weight excluding hydrogens is 835 g/mol. The molecule has 0 spiro atoms. The Morgan fingerprint density at radius 1 is 0.515 bits per heavy atom. The molecular formula is C55H101NO10. The van der Waals surface area contributed by atoms with Crippen molar-refractivity contribution in [3.05, 3.63) is 48.6 Å². The van der Waals surface area contributed by atoms with E-state index in [-0.39, 0.29) is 12.8 Å². The van der Waals surface area contributed by atoms with Crippen LogP contribution in [0.4, 0.5) is 0 Å². The van der Waals surface area contributed by atoms with Crippen LogP contribution in [0.25, 0.3) is 0 Å². The van der Waals surface area contributed by atoms with Gasteiger partial charge < -0.3 is 50.5 Å². The zero-order chi connectivity index (χ0) is 48.3. The molecule has 1 heterocycles. The Balaban J connectivity index is 2.33. The van der Waals surface area contributed by atoms with Crippen LogP contribution in [-0.4, -0.2) is 110 Å². The summed E-state index contributed by atoms with van der Waals surface area (Å²) in [6.45, 7) is 3.38. The monoisotopic (exact) mass is 936 g/mol. The van der Waals surface area contributed by atoms with Crippen LogP contribution >= 0.6 is 0 Å². The van der Waals surface area contributed by atoms with Crippen LogP contribution in [-0.2, 0) is 14.3 Å². The summed E-state index contributed by atoms with van der Waals surface area (Å²) in [4.78, 5) is 13.1. The zero-order valence-corrected chi connectivity index (χ0v) is 41.9. The van der Waals surface area contributed by atoms with Crippen molar-refractivity contribution in [2.24, 2.45) is 0 Å². The van der Waals surface area contributed by atoms with Crippen LogP contribution in [0, 0.1) is 0 Å². The van der Waals surface area contributed by atoms with Gasteiger partial charge in [0.1, 0.15) is 36.6 Å². The number of hydrogen-bond donors (Lipinski definition) is 8. The highest BCUT2D eigenvalue weighted by molar-refractivity contribution is 5.80. The van der Waals surface area contributed by atoms with Gasteiger partial charge >= 0.3 is 0 Å². The number of amides is 1. The lowest BCUT2D eigenvalue weighted by Gasteiger charge is -2.40. The number of ether oxygens (including phenoxy) is 2. The van der Waals surface area contributed by atoms with Crippen molar-refractivity contribution < 1.29 is 50.0 Å². The Morgan fingerprint density at radius 2 is 0.909 bits per heavy atom. The predicted molar refractivity (Wildman–Crippen MR) is 270 cm³/mol. The van der Waals surface area contributed by atoms with E-state index >= 15 is 0 Å². The fraction of sp³-hybridized carbons (Fsp3) is 0.836. The minimum atomic E-state index is -1.67. The fourth-order valence-electron chi connectivity index (χ4n) is 8.35.